The van der Waals surface area contributed by atoms with Crippen molar-refractivity contribution in [1.82, 2.24) is 4.72 Å². The molecule has 2 aromatic rings. The second-order valence-electron chi connectivity index (χ2n) is 5.01. The molecule has 1 heterocycles. The van der Waals surface area contributed by atoms with E-state index in [1.165, 1.54) is 17.2 Å². The summed E-state index contributed by atoms with van der Waals surface area (Å²) in [5.74, 6) is 0.659. The van der Waals surface area contributed by atoms with Gasteiger partial charge in [-0.25, -0.2) is 13.1 Å². The van der Waals surface area contributed by atoms with Gasteiger partial charge in [0.15, 0.2) is 4.67 Å². The van der Waals surface area contributed by atoms with Crippen LogP contribution in [0.1, 0.15) is 22.8 Å². The molecule has 0 fully saturated rings. The van der Waals surface area contributed by atoms with E-state index in [9.17, 15) is 8.42 Å². The van der Waals surface area contributed by atoms with Crippen LogP contribution < -0.4 is 10.5 Å². The van der Waals surface area contributed by atoms with E-state index < -0.39 is 10.0 Å². The van der Waals surface area contributed by atoms with Crippen molar-refractivity contribution in [2.45, 2.75) is 23.8 Å². The van der Waals surface area contributed by atoms with Gasteiger partial charge in [0.1, 0.15) is 10.7 Å². The normalized spacial score (nSPS) is 17.3. The van der Waals surface area contributed by atoms with Crippen molar-refractivity contribution < 1.29 is 12.8 Å². The van der Waals surface area contributed by atoms with E-state index in [1.54, 1.807) is 0 Å². The molecule has 3 N–H and O–H groups in total. The van der Waals surface area contributed by atoms with Gasteiger partial charge in [0.2, 0.25) is 10.0 Å². The fourth-order valence-electron chi connectivity index (χ4n) is 2.51. The molecule has 7 heteroatoms. The molecule has 1 aliphatic rings. The summed E-state index contributed by atoms with van der Waals surface area (Å²) in [6.45, 7) is 0.541. The van der Waals surface area contributed by atoms with Gasteiger partial charge in [-0.1, -0.05) is 24.3 Å². The van der Waals surface area contributed by atoms with E-state index in [4.69, 9.17) is 10.2 Å². The second-order valence-corrected chi connectivity index (χ2v) is 7.46. The lowest BCUT2D eigenvalue weighted by atomic mass is 9.78. The SMILES string of the molecule is NCc1cc(S(=O)(=O)NCC2Cc3ccccc32)c(Br)o1. The third-order valence-electron chi connectivity index (χ3n) is 3.68. The molecule has 0 bridgehead atoms. The van der Waals surface area contributed by atoms with E-state index in [1.807, 2.05) is 18.2 Å². The predicted molar refractivity (Wildman–Crippen MR) is 82.4 cm³/mol. The van der Waals surface area contributed by atoms with E-state index in [0.29, 0.717) is 12.3 Å². The molecule has 112 valence electrons. The van der Waals surface area contributed by atoms with Crippen molar-refractivity contribution >= 4 is 26.0 Å². The van der Waals surface area contributed by atoms with Gasteiger partial charge >= 0.3 is 0 Å². The van der Waals surface area contributed by atoms with Gasteiger partial charge in [0, 0.05) is 18.5 Å². The first-order chi connectivity index (χ1) is 10.0. The van der Waals surface area contributed by atoms with E-state index in [2.05, 4.69) is 26.7 Å². The number of nitrogens with one attached hydrogen (secondary N) is 1. The van der Waals surface area contributed by atoms with Crippen LogP contribution in [0.15, 0.2) is 44.3 Å². The fourth-order valence-corrected chi connectivity index (χ4v) is 4.59. The van der Waals surface area contributed by atoms with Crippen molar-refractivity contribution in [2.24, 2.45) is 5.73 Å². The van der Waals surface area contributed by atoms with Crippen LogP contribution in [0.2, 0.25) is 0 Å². The lowest BCUT2D eigenvalue weighted by Crippen LogP contribution is -2.33. The van der Waals surface area contributed by atoms with Crippen molar-refractivity contribution in [3.05, 3.63) is 51.9 Å². The van der Waals surface area contributed by atoms with Crippen molar-refractivity contribution in [3.8, 4) is 0 Å². The first kappa shape index (κ1) is 14.8. The highest BCUT2D eigenvalue weighted by atomic mass is 79.9. The molecule has 1 aromatic carbocycles. The Morgan fingerprint density at radius 3 is 2.81 bits per heavy atom. The molecule has 5 nitrogen and oxygen atoms in total. The molecule has 0 saturated carbocycles. The van der Waals surface area contributed by atoms with Crippen LogP contribution in [0.3, 0.4) is 0 Å². The maximum atomic E-state index is 12.3. The van der Waals surface area contributed by atoms with E-state index in [-0.39, 0.29) is 22.0 Å². The number of furan rings is 1. The Morgan fingerprint density at radius 1 is 1.38 bits per heavy atom. The number of hydrogen-bond donors (Lipinski definition) is 2. The lowest BCUT2D eigenvalue weighted by Gasteiger charge is -2.30. The van der Waals surface area contributed by atoms with Crippen LogP contribution in [-0.2, 0) is 23.0 Å². The van der Waals surface area contributed by atoms with Gasteiger partial charge in [-0.05, 0) is 33.5 Å². The van der Waals surface area contributed by atoms with E-state index >= 15 is 0 Å². The molecule has 21 heavy (non-hydrogen) atoms. The number of fused-ring (bicyclic) bond motifs is 1. The van der Waals surface area contributed by atoms with Crippen LogP contribution in [0, 0.1) is 0 Å². The zero-order valence-electron chi connectivity index (χ0n) is 11.2. The highest BCUT2D eigenvalue weighted by Crippen LogP contribution is 2.34. The zero-order valence-corrected chi connectivity index (χ0v) is 13.6. The van der Waals surface area contributed by atoms with Crippen molar-refractivity contribution in [2.75, 3.05) is 6.54 Å². The number of hydrogen-bond acceptors (Lipinski definition) is 4. The number of halogens is 1. The minimum atomic E-state index is -3.60. The van der Waals surface area contributed by atoms with Crippen LogP contribution in [0.4, 0.5) is 0 Å². The summed E-state index contributed by atoms with van der Waals surface area (Å²) in [5.41, 5.74) is 7.96. The standard InChI is InChI=1S/C14H15BrN2O3S/c15-14-13(6-11(7-16)20-14)21(18,19)17-8-10-5-9-3-1-2-4-12(9)10/h1-4,6,10,17H,5,7-8,16H2. The summed E-state index contributed by atoms with van der Waals surface area (Å²) in [6.07, 6.45) is 0.902. The van der Waals surface area contributed by atoms with Gasteiger partial charge in [0.05, 0.1) is 6.54 Å². The minimum absolute atomic E-state index is 0.0931. The maximum absolute atomic E-state index is 12.3. The molecular formula is C14H15BrN2O3S. The Labute approximate surface area is 131 Å². The van der Waals surface area contributed by atoms with Gasteiger partial charge in [-0.15, -0.1) is 0 Å². The van der Waals surface area contributed by atoms with Crippen LogP contribution in [-0.4, -0.2) is 15.0 Å². The summed E-state index contributed by atoms with van der Waals surface area (Å²) in [5, 5.41) is 0. The molecule has 1 aromatic heterocycles. The topological polar surface area (TPSA) is 85.3 Å². The summed E-state index contributed by atoms with van der Waals surface area (Å²) in [4.78, 5) is 0.0931. The molecule has 0 aliphatic heterocycles. The number of nitrogens with two attached hydrogens (primary N) is 1. The average molecular weight is 371 g/mol. The molecule has 0 radical (unpaired) electrons. The molecule has 1 unspecified atom stereocenters. The summed E-state index contributed by atoms with van der Waals surface area (Å²) in [6, 6.07) is 9.52. The molecule has 0 saturated heterocycles. The quantitative estimate of drug-likeness (QED) is 0.843. The Hall–Kier alpha value is -1.15. The first-order valence-corrected chi connectivity index (χ1v) is 8.84. The van der Waals surface area contributed by atoms with Crippen LogP contribution in [0.25, 0.3) is 0 Å². The highest BCUT2D eigenvalue weighted by Gasteiger charge is 2.28. The molecule has 0 spiro atoms. The fraction of sp³-hybridized carbons (Fsp3) is 0.286. The number of benzene rings is 1. The summed E-state index contributed by atoms with van der Waals surface area (Å²) >= 11 is 3.12. The van der Waals surface area contributed by atoms with Crippen LogP contribution >= 0.6 is 15.9 Å². The summed E-state index contributed by atoms with van der Waals surface area (Å²) in [7, 11) is -3.60. The first-order valence-electron chi connectivity index (χ1n) is 6.57. The molecular weight excluding hydrogens is 356 g/mol. The van der Waals surface area contributed by atoms with Gasteiger partial charge < -0.3 is 10.2 Å². The predicted octanol–water partition coefficient (Wildman–Crippen LogP) is 2.12. The third kappa shape index (κ3) is 2.78. The monoisotopic (exact) mass is 370 g/mol. The van der Waals surface area contributed by atoms with Crippen molar-refractivity contribution in [1.29, 1.82) is 0 Å². The second kappa shape index (κ2) is 5.57. The Bertz CT molecular complexity index is 770. The van der Waals surface area contributed by atoms with Gasteiger partial charge in [0.25, 0.3) is 0 Å². The molecule has 1 atom stereocenters. The van der Waals surface area contributed by atoms with Crippen molar-refractivity contribution in [3.63, 3.8) is 0 Å². The number of rotatable bonds is 5. The van der Waals surface area contributed by atoms with Crippen LogP contribution in [0.5, 0.6) is 0 Å². The minimum Gasteiger partial charge on any atom is -0.452 e. The molecule has 0 amide bonds. The number of sulfonamides is 1. The summed E-state index contributed by atoms with van der Waals surface area (Å²) < 4.78 is 32.6. The molecule has 3 rings (SSSR count). The third-order valence-corrected chi connectivity index (χ3v) is 5.96. The highest BCUT2D eigenvalue weighted by molar-refractivity contribution is 9.10. The average Bonchev–Trinajstić information content (AvgIpc) is 2.82. The lowest BCUT2D eigenvalue weighted by molar-refractivity contribution is 0.483. The smallest absolute Gasteiger partial charge is 0.244 e. The Balaban J connectivity index is 1.72. The zero-order chi connectivity index (χ0) is 15.0. The Kier molecular flexibility index (Phi) is 3.92. The molecule has 1 aliphatic carbocycles. The van der Waals surface area contributed by atoms with Gasteiger partial charge in [-0.2, -0.15) is 0 Å². The van der Waals surface area contributed by atoms with Gasteiger partial charge in [-0.3, -0.25) is 0 Å². The maximum Gasteiger partial charge on any atom is 0.244 e. The van der Waals surface area contributed by atoms with E-state index in [0.717, 1.165) is 6.42 Å². The largest absolute Gasteiger partial charge is 0.452 e. The Morgan fingerprint density at radius 2 is 2.14 bits per heavy atom.